The van der Waals surface area contributed by atoms with E-state index >= 15 is 0 Å². The summed E-state index contributed by atoms with van der Waals surface area (Å²) >= 11 is 1.36. The fourth-order valence-corrected chi connectivity index (χ4v) is 3.37. The Hall–Kier alpha value is -2.24. The fraction of sp³-hybridized carbons (Fsp3) is 0.167. The van der Waals surface area contributed by atoms with E-state index in [-0.39, 0.29) is 11.7 Å². The van der Waals surface area contributed by atoms with E-state index in [1.807, 2.05) is 24.3 Å². The van der Waals surface area contributed by atoms with Gasteiger partial charge in [-0.3, -0.25) is 4.79 Å². The molecule has 118 valence electrons. The molecule has 0 aliphatic carbocycles. The lowest BCUT2D eigenvalue weighted by atomic mass is 10.1. The second-order valence-electron chi connectivity index (χ2n) is 5.18. The van der Waals surface area contributed by atoms with Crippen molar-refractivity contribution in [3.63, 3.8) is 0 Å². The zero-order valence-corrected chi connectivity index (χ0v) is 13.5. The average molecular weight is 329 g/mol. The summed E-state index contributed by atoms with van der Waals surface area (Å²) in [4.78, 5) is 12.9. The number of amides is 1. The van der Waals surface area contributed by atoms with Gasteiger partial charge in [-0.1, -0.05) is 24.3 Å². The largest absolute Gasteiger partial charge is 0.380 e. The van der Waals surface area contributed by atoms with Gasteiger partial charge in [0.15, 0.2) is 0 Å². The highest BCUT2D eigenvalue weighted by atomic mass is 32.1. The molecule has 2 aromatic carbocycles. The van der Waals surface area contributed by atoms with Crippen molar-refractivity contribution in [1.29, 1.82) is 0 Å². The molecule has 0 fully saturated rings. The van der Waals surface area contributed by atoms with Gasteiger partial charge in [0.2, 0.25) is 0 Å². The highest BCUT2D eigenvalue weighted by molar-refractivity contribution is 7.20. The first kappa shape index (κ1) is 15.6. The van der Waals surface area contributed by atoms with Crippen LogP contribution in [0.4, 0.5) is 4.39 Å². The van der Waals surface area contributed by atoms with Gasteiger partial charge in [0, 0.05) is 18.4 Å². The lowest BCUT2D eigenvalue weighted by molar-refractivity contribution is 0.0954. The Morgan fingerprint density at radius 1 is 1.17 bits per heavy atom. The number of fused-ring (bicyclic) bond motifs is 1. The quantitative estimate of drug-likeness (QED) is 0.765. The molecule has 0 saturated heterocycles. The minimum Gasteiger partial charge on any atom is -0.380 e. The fourth-order valence-electron chi connectivity index (χ4n) is 2.41. The molecule has 1 heterocycles. The lowest BCUT2D eigenvalue weighted by Crippen LogP contribution is -2.22. The standard InChI is InChI=1S/C18H16FNO2S/c1-22-11-13-5-3-2-4-12(13)10-20-18(21)17-9-14-8-15(19)6-7-16(14)23-17/h2-9H,10-11H2,1H3,(H,20,21). The molecule has 3 aromatic rings. The average Bonchev–Trinajstić information content (AvgIpc) is 2.97. The number of nitrogens with one attached hydrogen (secondary N) is 1. The molecular formula is C18H16FNO2S. The Morgan fingerprint density at radius 2 is 1.96 bits per heavy atom. The number of methoxy groups -OCH3 is 1. The second kappa shape index (κ2) is 6.89. The van der Waals surface area contributed by atoms with E-state index < -0.39 is 0 Å². The van der Waals surface area contributed by atoms with Gasteiger partial charge in [-0.2, -0.15) is 0 Å². The van der Waals surface area contributed by atoms with Crippen molar-refractivity contribution in [2.45, 2.75) is 13.2 Å². The van der Waals surface area contributed by atoms with Crippen LogP contribution >= 0.6 is 11.3 Å². The monoisotopic (exact) mass is 329 g/mol. The van der Waals surface area contributed by atoms with E-state index in [9.17, 15) is 9.18 Å². The van der Waals surface area contributed by atoms with Gasteiger partial charge < -0.3 is 10.1 Å². The zero-order chi connectivity index (χ0) is 16.2. The summed E-state index contributed by atoms with van der Waals surface area (Å²) in [5, 5.41) is 3.66. The third kappa shape index (κ3) is 3.57. The van der Waals surface area contributed by atoms with Gasteiger partial charge in [0.1, 0.15) is 5.82 Å². The number of thiophene rings is 1. The van der Waals surface area contributed by atoms with Crippen LogP contribution in [0.1, 0.15) is 20.8 Å². The Balaban J connectivity index is 1.73. The van der Waals surface area contributed by atoms with E-state index in [4.69, 9.17) is 4.74 Å². The molecule has 0 saturated carbocycles. The summed E-state index contributed by atoms with van der Waals surface area (Å²) in [7, 11) is 1.64. The molecule has 0 atom stereocenters. The first-order chi connectivity index (χ1) is 11.2. The zero-order valence-electron chi connectivity index (χ0n) is 12.6. The van der Waals surface area contributed by atoms with Crippen LogP contribution in [0.25, 0.3) is 10.1 Å². The van der Waals surface area contributed by atoms with E-state index in [0.717, 1.165) is 21.2 Å². The molecule has 3 rings (SSSR count). The molecule has 3 nitrogen and oxygen atoms in total. The van der Waals surface area contributed by atoms with Gasteiger partial charge in [-0.25, -0.2) is 4.39 Å². The number of carbonyl (C=O) groups is 1. The van der Waals surface area contributed by atoms with Gasteiger partial charge in [0.25, 0.3) is 5.91 Å². The first-order valence-corrected chi connectivity index (χ1v) is 8.02. The smallest absolute Gasteiger partial charge is 0.261 e. The molecule has 0 spiro atoms. The number of ether oxygens (including phenoxy) is 1. The van der Waals surface area contributed by atoms with Gasteiger partial charge in [0.05, 0.1) is 11.5 Å². The van der Waals surface area contributed by atoms with Crippen LogP contribution in [0.5, 0.6) is 0 Å². The van der Waals surface area contributed by atoms with Crippen molar-refractivity contribution in [3.8, 4) is 0 Å². The lowest BCUT2D eigenvalue weighted by Gasteiger charge is -2.09. The molecule has 0 aliphatic rings. The summed E-state index contributed by atoms with van der Waals surface area (Å²) in [6, 6.07) is 14.1. The third-order valence-electron chi connectivity index (χ3n) is 3.56. The predicted octanol–water partition coefficient (Wildman–Crippen LogP) is 4.12. The van der Waals surface area contributed by atoms with Crippen LogP contribution in [0.3, 0.4) is 0 Å². The van der Waals surface area contributed by atoms with E-state index in [0.29, 0.717) is 18.0 Å². The first-order valence-electron chi connectivity index (χ1n) is 7.20. The summed E-state index contributed by atoms with van der Waals surface area (Å²) < 4.78 is 19.3. The Morgan fingerprint density at radius 3 is 2.74 bits per heavy atom. The van der Waals surface area contributed by atoms with Gasteiger partial charge >= 0.3 is 0 Å². The molecular weight excluding hydrogens is 313 g/mol. The molecule has 5 heteroatoms. The van der Waals surface area contributed by atoms with Crippen molar-refractivity contribution in [2.75, 3.05) is 7.11 Å². The van der Waals surface area contributed by atoms with Crippen molar-refractivity contribution in [3.05, 3.63) is 70.4 Å². The molecule has 1 aromatic heterocycles. The summed E-state index contributed by atoms with van der Waals surface area (Å²) in [5.41, 5.74) is 2.07. The molecule has 0 radical (unpaired) electrons. The maximum Gasteiger partial charge on any atom is 0.261 e. The van der Waals surface area contributed by atoms with E-state index in [1.54, 1.807) is 19.2 Å². The second-order valence-corrected chi connectivity index (χ2v) is 6.26. The van der Waals surface area contributed by atoms with Crippen LogP contribution in [-0.2, 0) is 17.9 Å². The van der Waals surface area contributed by atoms with Crippen LogP contribution in [0, 0.1) is 5.82 Å². The topological polar surface area (TPSA) is 38.3 Å². The van der Waals surface area contributed by atoms with Crippen molar-refractivity contribution in [2.24, 2.45) is 0 Å². The molecule has 23 heavy (non-hydrogen) atoms. The number of carbonyl (C=O) groups excluding carboxylic acids is 1. The molecule has 0 aliphatic heterocycles. The minimum absolute atomic E-state index is 0.154. The SMILES string of the molecule is COCc1ccccc1CNC(=O)c1cc2cc(F)ccc2s1. The summed E-state index contributed by atoms with van der Waals surface area (Å²) in [6.07, 6.45) is 0. The molecule has 0 bridgehead atoms. The Bertz CT molecular complexity index is 844. The van der Waals surface area contributed by atoms with Gasteiger partial charge in [-0.05, 0) is 40.8 Å². The van der Waals surface area contributed by atoms with Crippen LogP contribution in [0.2, 0.25) is 0 Å². The summed E-state index contributed by atoms with van der Waals surface area (Å²) in [6.45, 7) is 0.940. The van der Waals surface area contributed by atoms with Crippen LogP contribution in [0.15, 0.2) is 48.5 Å². The highest BCUT2D eigenvalue weighted by Gasteiger charge is 2.11. The van der Waals surface area contributed by atoms with E-state index in [2.05, 4.69) is 5.32 Å². The third-order valence-corrected chi connectivity index (χ3v) is 4.67. The molecule has 1 amide bonds. The predicted molar refractivity (Wildman–Crippen MR) is 90.1 cm³/mol. The maximum absolute atomic E-state index is 13.2. The maximum atomic E-state index is 13.2. The number of hydrogen-bond acceptors (Lipinski definition) is 3. The van der Waals surface area contributed by atoms with Gasteiger partial charge in [-0.15, -0.1) is 11.3 Å². The van der Waals surface area contributed by atoms with Crippen LogP contribution in [-0.4, -0.2) is 13.0 Å². The highest BCUT2D eigenvalue weighted by Crippen LogP contribution is 2.26. The minimum atomic E-state index is -0.296. The number of halogens is 1. The molecule has 1 N–H and O–H groups in total. The van der Waals surface area contributed by atoms with Crippen molar-refractivity contribution < 1.29 is 13.9 Å². The van der Waals surface area contributed by atoms with Crippen LogP contribution < -0.4 is 5.32 Å². The number of rotatable bonds is 5. The summed E-state index contributed by atoms with van der Waals surface area (Å²) in [5.74, 6) is -0.449. The number of benzene rings is 2. The van der Waals surface area contributed by atoms with Crippen molar-refractivity contribution in [1.82, 2.24) is 5.32 Å². The Labute approximate surface area is 137 Å². The number of hydrogen-bond donors (Lipinski definition) is 1. The molecule has 0 unspecified atom stereocenters. The van der Waals surface area contributed by atoms with E-state index in [1.165, 1.54) is 23.5 Å². The Kier molecular flexibility index (Phi) is 4.69. The van der Waals surface area contributed by atoms with Crippen molar-refractivity contribution >= 4 is 27.3 Å². The normalized spacial score (nSPS) is 10.9.